The molecule has 184 valence electrons. The van der Waals surface area contributed by atoms with Gasteiger partial charge in [0.2, 0.25) is 11.8 Å². The van der Waals surface area contributed by atoms with Gasteiger partial charge < -0.3 is 10.4 Å². The molecule has 34 heavy (non-hydrogen) atoms. The molecule has 2 N–H and O–H groups in total. The van der Waals surface area contributed by atoms with Crippen LogP contribution in [0.5, 0.6) is 0 Å². The molecule has 0 spiro atoms. The normalized spacial score (nSPS) is 17.5. The maximum atomic E-state index is 13.6. The molecule has 1 saturated carbocycles. The number of rotatable bonds is 8. The van der Waals surface area contributed by atoms with Crippen LogP contribution in [0.1, 0.15) is 54.7 Å². The van der Waals surface area contributed by atoms with Crippen LogP contribution < -0.4 is 5.32 Å². The van der Waals surface area contributed by atoms with Gasteiger partial charge in [0.1, 0.15) is 0 Å². The van der Waals surface area contributed by atoms with Crippen molar-refractivity contribution in [2.75, 3.05) is 5.32 Å². The number of halogens is 6. The van der Waals surface area contributed by atoms with Crippen LogP contribution in [0.15, 0.2) is 42.5 Å². The number of hydrogen-bond acceptors (Lipinski definition) is 2. The van der Waals surface area contributed by atoms with E-state index in [4.69, 9.17) is 16.7 Å². The number of carbonyl (C=O) groups excluding carboxylic acids is 1. The fourth-order valence-electron chi connectivity index (χ4n) is 4.01. The Kier molecular flexibility index (Phi) is 7.55. The molecule has 1 aliphatic carbocycles. The maximum Gasteiger partial charge on any atom is 0.392 e. The van der Waals surface area contributed by atoms with Crippen LogP contribution in [0.2, 0.25) is 5.02 Å². The fraction of sp³-hybridized carbons (Fsp3) is 0.417. The lowest BCUT2D eigenvalue weighted by molar-refractivity contribution is -0.178. The molecule has 10 heteroatoms. The summed E-state index contributed by atoms with van der Waals surface area (Å²) in [7, 11) is 0. The van der Waals surface area contributed by atoms with Crippen molar-refractivity contribution in [3.8, 4) is 0 Å². The minimum atomic E-state index is -4.68. The highest BCUT2D eigenvalue weighted by Crippen LogP contribution is 2.48. The quantitative estimate of drug-likeness (QED) is 0.390. The van der Waals surface area contributed by atoms with E-state index < -0.39 is 35.8 Å². The summed E-state index contributed by atoms with van der Waals surface area (Å²) >= 11 is 6.11. The molecule has 2 aromatic carbocycles. The molecular weight excluding hydrogens is 481 g/mol. The van der Waals surface area contributed by atoms with Gasteiger partial charge in [-0.25, -0.2) is 8.78 Å². The van der Waals surface area contributed by atoms with Gasteiger partial charge in [0.05, 0.1) is 22.5 Å². The summed E-state index contributed by atoms with van der Waals surface area (Å²) in [5.74, 6) is -8.71. The molecule has 0 unspecified atom stereocenters. The number of carboxylic acid groups (broad SMARTS) is 1. The van der Waals surface area contributed by atoms with Crippen LogP contribution in [0, 0.1) is 5.92 Å². The third-order valence-corrected chi connectivity index (χ3v) is 6.40. The average Bonchev–Trinajstić information content (AvgIpc) is 2.72. The summed E-state index contributed by atoms with van der Waals surface area (Å²) in [5.41, 5.74) is 1.30. The summed E-state index contributed by atoms with van der Waals surface area (Å²) < 4.78 is 67.2. The zero-order valence-corrected chi connectivity index (χ0v) is 18.9. The lowest BCUT2D eigenvalue weighted by atomic mass is 9.76. The highest BCUT2D eigenvalue weighted by Gasteiger charge is 2.47. The van der Waals surface area contributed by atoms with Crippen molar-refractivity contribution >= 4 is 29.2 Å². The Morgan fingerprint density at radius 1 is 1.15 bits per heavy atom. The van der Waals surface area contributed by atoms with Gasteiger partial charge in [-0.3, -0.25) is 9.59 Å². The van der Waals surface area contributed by atoms with E-state index in [1.165, 1.54) is 36.4 Å². The highest BCUT2D eigenvalue weighted by molar-refractivity contribution is 6.33. The van der Waals surface area contributed by atoms with Crippen molar-refractivity contribution in [1.82, 2.24) is 0 Å². The largest absolute Gasteiger partial charge is 0.481 e. The van der Waals surface area contributed by atoms with Gasteiger partial charge in [0, 0.05) is 19.3 Å². The lowest BCUT2D eigenvalue weighted by Crippen LogP contribution is -2.35. The monoisotopic (exact) mass is 503 g/mol. The molecule has 1 fully saturated rings. The van der Waals surface area contributed by atoms with Gasteiger partial charge in [-0.15, -0.1) is 0 Å². The highest BCUT2D eigenvalue weighted by atomic mass is 35.5. The third-order valence-electron chi connectivity index (χ3n) is 6.07. The minimum absolute atomic E-state index is 0.0715. The van der Waals surface area contributed by atoms with E-state index in [2.05, 4.69) is 5.32 Å². The van der Waals surface area contributed by atoms with E-state index >= 15 is 0 Å². The van der Waals surface area contributed by atoms with Crippen LogP contribution in [0.25, 0.3) is 0 Å². The molecule has 0 saturated heterocycles. The van der Waals surface area contributed by atoms with Crippen LogP contribution in [-0.2, 0) is 16.0 Å². The first-order valence-corrected chi connectivity index (χ1v) is 11.0. The van der Waals surface area contributed by atoms with E-state index in [0.717, 1.165) is 6.92 Å². The minimum Gasteiger partial charge on any atom is -0.481 e. The third kappa shape index (κ3) is 6.25. The smallest absolute Gasteiger partial charge is 0.392 e. The Hall–Kier alpha value is -2.68. The number of aliphatic carboxylic acids is 1. The Morgan fingerprint density at radius 3 is 2.29 bits per heavy atom. The number of aryl methyl sites for hydroxylation is 1. The standard InChI is InChI=1S/C24H23ClF5NO3/c1-13(24(28,29)30)21(16-6-4-15(5-7-16)17-11-23(26,27)12-17)22(34)31-19-10-14(2-8-18(19)25)3-9-20(32)33/h2,4-8,10,13,17,21H,3,9,11-12H2,1H3,(H,31,34)(H,32,33)/t13-,21+/m1/s1. The van der Waals surface area contributed by atoms with Gasteiger partial charge in [-0.2, -0.15) is 13.2 Å². The second-order valence-corrected chi connectivity index (χ2v) is 9.04. The summed E-state index contributed by atoms with van der Waals surface area (Å²) in [4.78, 5) is 23.8. The molecule has 1 amide bonds. The molecule has 0 bridgehead atoms. The summed E-state index contributed by atoms with van der Waals surface area (Å²) in [6.45, 7) is 0.898. The van der Waals surface area contributed by atoms with Crippen LogP contribution in [-0.4, -0.2) is 29.1 Å². The van der Waals surface area contributed by atoms with Crippen molar-refractivity contribution in [1.29, 1.82) is 0 Å². The number of amides is 1. The summed E-state index contributed by atoms with van der Waals surface area (Å²) in [6.07, 6.45) is -5.32. The van der Waals surface area contributed by atoms with Gasteiger partial charge in [0.25, 0.3) is 0 Å². The molecule has 3 rings (SSSR count). The van der Waals surface area contributed by atoms with Crippen LogP contribution in [0.3, 0.4) is 0 Å². The van der Waals surface area contributed by atoms with Crippen molar-refractivity contribution in [3.63, 3.8) is 0 Å². The zero-order chi connectivity index (χ0) is 25.3. The maximum absolute atomic E-state index is 13.6. The number of nitrogens with one attached hydrogen (secondary N) is 1. The average molecular weight is 504 g/mol. The van der Waals surface area contributed by atoms with Crippen LogP contribution >= 0.6 is 11.6 Å². The molecule has 2 aromatic rings. The lowest BCUT2D eigenvalue weighted by Gasteiger charge is -2.35. The van der Waals surface area contributed by atoms with Crippen molar-refractivity contribution in [2.24, 2.45) is 5.92 Å². The predicted molar refractivity (Wildman–Crippen MR) is 117 cm³/mol. The topological polar surface area (TPSA) is 66.4 Å². The first-order chi connectivity index (χ1) is 15.8. The number of hydrogen-bond donors (Lipinski definition) is 2. The van der Waals surface area contributed by atoms with E-state index in [-0.39, 0.29) is 47.9 Å². The number of carbonyl (C=O) groups is 2. The van der Waals surface area contributed by atoms with Gasteiger partial charge >= 0.3 is 12.1 Å². The molecule has 4 nitrogen and oxygen atoms in total. The summed E-state index contributed by atoms with van der Waals surface area (Å²) in [6, 6.07) is 10.1. The Labute approximate surface area is 198 Å². The van der Waals surface area contributed by atoms with E-state index in [0.29, 0.717) is 11.1 Å². The molecule has 1 aliphatic rings. The molecule has 0 aromatic heterocycles. The molecular formula is C24H23ClF5NO3. The van der Waals surface area contributed by atoms with E-state index in [1.807, 2.05) is 0 Å². The van der Waals surface area contributed by atoms with Crippen molar-refractivity contribution in [3.05, 3.63) is 64.2 Å². The summed E-state index contributed by atoms with van der Waals surface area (Å²) in [5, 5.41) is 11.4. The number of anilines is 1. The molecule has 0 radical (unpaired) electrons. The number of carboxylic acids is 1. The first-order valence-electron chi connectivity index (χ1n) is 10.6. The first kappa shape index (κ1) is 25.9. The molecule has 0 heterocycles. The predicted octanol–water partition coefficient (Wildman–Crippen LogP) is 6.79. The van der Waals surface area contributed by atoms with Gasteiger partial charge in [-0.1, -0.05) is 48.9 Å². The van der Waals surface area contributed by atoms with Crippen molar-refractivity contribution in [2.45, 2.75) is 56.5 Å². The van der Waals surface area contributed by atoms with E-state index in [1.54, 1.807) is 6.07 Å². The van der Waals surface area contributed by atoms with Gasteiger partial charge in [-0.05, 0) is 41.2 Å². The Bertz CT molecular complexity index is 1050. The molecule has 0 aliphatic heterocycles. The molecule has 2 atom stereocenters. The second-order valence-electron chi connectivity index (χ2n) is 8.63. The Morgan fingerprint density at radius 2 is 1.76 bits per heavy atom. The second kappa shape index (κ2) is 9.90. The van der Waals surface area contributed by atoms with Crippen LogP contribution in [0.4, 0.5) is 27.6 Å². The number of alkyl halides is 5. The number of benzene rings is 2. The zero-order valence-electron chi connectivity index (χ0n) is 18.1. The van der Waals surface area contributed by atoms with Gasteiger partial charge in [0.15, 0.2) is 0 Å². The van der Waals surface area contributed by atoms with E-state index in [9.17, 15) is 31.5 Å². The Balaban J connectivity index is 1.84. The van der Waals surface area contributed by atoms with Crippen molar-refractivity contribution < 1.29 is 36.6 Å². The fourth-order valence-corrected chi connectivity index (χ4v) is 4.18. The SMILES string of the molecule is C[C@H]([C@H](C(=O)Nc1cc(CCC(=O)O)ccc1Cl)c1ccc(C2CC(F)(F)C2)cc1)C(F)(F)F.